The number of hydrogen-bond donors (Lipinski definition) is 2. The van der Waals surface area contributed by atoms with Crippen LogP contribution in [0.3, 0.4) is 0 Å². The van der Waals surface area contributed by atoms with E-state index < -0.39 is 10.0 Å². The van der Waals surface area contributed by atoms with Crippen LogP contribution in [0.4, 0.5) is 0 Å². The number of carbonyl (C=O) groups is 1. The van der Waals surface area contributed by atoms with E-state index in [1.54, 1.807) is 30.3 Å². The van der Waals surface area contributed by atoms with Gasteiger partial charge in [-0.15, -0.1) is 0 Å². The summed E-state index contributed by atoms with van der Waals surface area (Å²) < 4.78 is 38.1. The third-order valence-electron chi connectivity index (χ3n) is 5.03. The summed E-state index contributed by atoms with van der Waals surface area (Å²) >= 11 is 0. The van der Waals surface area contributed by atoms with Crippen molar-refractivity contribution < 1.29 is 22.4 Å². The molecule has 0 saturated heterocycles. The largest absolute Gasteiger partial charge is 0.492 e. The Hall–Kier alpha value is -3.88. The summed E-state index contributed by atoms with van der Waals surface area (Å²) in [6.45, 7) is 0.770. The minimum atomic E-state index is -3.66. The van der Waals surface area contributed by atoms with Gasteiger partial charge in [0.1, 0.15) is 18.1 Å². The molecule has 0 radical (unpaired) electrons. The number of furan rings is 1. The van der Waals surface area contributed by atoms with E-state index in [2.05, 4.69) is 10.0 Å². The van der Waals surface area contributed by atoms with E-state index in [9.17, 15) is 13.2 Å². The maximum Gasteiger partial charge on any atom is 0.244 e. The molecule has 4 aromatic rings. The number of amides is 1. The van der Waals surface area contributed by atoms with Crippen molar-refractivity contribution >= 4 is 32.8 Å². The van der Waals surface area contributed by atoms with E-state index in [4.69, 9.17) is 9.15 Å². The Morgan fingerprint density at radius 3 is 2.50 bits per heavy atom. The highest BCUT2D eigenvalue weighted by molar-refractivity contribution is 7.89. The normalized spacial score (nSPS) is 11.6. The summed E-state index contributed by atoms with van der Waals surface area (Å²) in [6.07, 6.45) is 4.50. The fraction of sp³-hybridized carbons (Fsp3) is 0.115. The first-order valence-electron chi connectivity index (χ1n) is 10.7. The first kappa shape index (κ1) is 23.3. The van der Waals surface area contributed by atoms with Crippen molar-refractivity contribution in [1.29, 1.82) is 0 Å². The monoisotopic (exact) mass is 476 g/mol. The standard InChI is InChI=1S/C26H24N2O5S/c29-26(27-15-17-33-23-11-10-21-4-1-2-5-22(21)18-23)14-9-20-7-12-25(13-8-20)34(30,31)28-19-24-6-3-16-32-24/h1-14,16,18,28H,15,17,19H2,(H,27,29)/b14-9+. The number of carbonyl (C=O) groups excluding carboxylic acids is 1. The molecule has 1 aromatic heterocycles. The van der Waals surface area contributed by atoms with E-state index in [-0.39, 0.29) is 17.3 Å². The number of ether oxygens (including phenoxy) is 1. The zero-order valence-electron chi connectivity index (χ0n) is 18.3. The van der Waals surface area contributed by atoms with Crippen molar-refractivity contribution in [3.05, 3.63) is 103 Å². The molecule has 34 heavy (non-hydrogen) atoms. The van der Waals surface area contributed by atoms with E-state index >= 15 is 0 Å². The number of nitrogens with one attached hydrogen (secondary N) is 2. The fourth-order valence-corrected chi connectivity index (χ4v) is 4.25. The molecule has 8 heteroatoms. The van der Waals surface area contributed by atoms with Gasteiger partial charge >= 0.3 is 0 Å². The van der Waals surface area contributed by atoms with Crippen LogP contribution in [-0.2, 0) is 21.4 Å². The summed E-state index contributed by atoms with van der Waals surface area (Å²) in [7, 11) is -3.66. The Morgan fingerprint density at radius 1 is 0.941 bits per heavy atom. The van der Waals surface area contributed by atoms with E-state index in [0.717, 1.165) is 16.5 Å². The van der Waals surface area contributed by atoms with Crippen molar-refractivity contribution in [3.63, 3.8) is 0 Å². The van der Waals surface area contributed by atoms with E-state index in [1.165, 1.54) is 24.5 Å². The van der Waals surface area contributed by atoms with Crippen LogP contribution in [0.5, 0.6) is 5.75 Å². The van der Waals surface area contributed by atoms with Crippen molar-refractivity contribution in [2.75, 3.05) is 13.2 Å². The van der Waals surface area contributed by atoms with Crippen molar-refractivity contribution in [1.82, 2.24) is 10.0 Å². The molecule has 0 spiro atoms. The minimum absolute atomic E-state index is 0.0712. The maximum atomic E-state index is 12.4. The highest BCUT2D eigenvalue weighted by Crippen LogP contribution is 2.20. The first-order chi connectivity index (χ1) is 16.5. The predicted octanol–water partition coefficient (Wildman–Crippen LogP) is 4.12. The summed E-state index contributed by atoms with van der Waals surface area (Å²) in [4.78, 5) is 12.2. The maximum absolute atomic E-state index is 12.4. The average molecular weight is 477 g/mol. The Morgan fingerprint density at radius 2 is 1.74 bits per heavy atom. The summed E-state index contributed by atoms with van der Waals surface area (Å²) in [5, 5.41) is 5.00. The lowest BCUT2D eigenvalue weighted by Crippen LogP contribution is -2.26. The summed E-state index contributed by atoms with van der Waals surface area (Å²) in [6, 6.07) is 23.5. The molecule has 0 bridgehead atoms. The second-order valence-corrected chi connectivity index (χ2v) is 9.22. The van der Waals surface area contributed by atoms with Gasteiger partial charge in [-0.3, -0.25) is 4.79 Å². The minimum Gasteiger partial charge on any atom is -0.492 e. The zero-order chi connectivity index (χ0) is 23.8. The lowest BCUT2D eigenvalue weighted by molar-refractivity contribution is -0.116. The molecule has 0 fully saturated rings. The van der Waals surface area contributed by atoms with Crippen LogP contribution < -0.4 is 14.8 Å². The van der Waals surface area contributed by atoms with Crippen molar-refractivity contribution in [3.8, 4) is 5.75 Å². The molecule has 3 aromatic carbocycles. The molecular formula is C26H24N2O5S. The number of fused-ring (bicyclic) bond motifs is 1. The number of benzene rings is 3. The molecule has 0 aliphatic carbocycles. The molecule has 0 unspecified atom stereocenters. The van der Waals surface area contributed by atoms with Gasteiger partial charge in [-0.05, 0) is 58.8 Å². The van der Waals surface area contributed by atoms with Crippen molar-refractivity contribution in [2.45, 2.75) is 11.4 Å². The molecular weight excluding hydrogens is 452 g/mol. The second-order valence-electron chi connectivity index (χ2n) is 7.45. The van der Waals surface area contributed by atoms with Crippen LogP contribution in [0, 0.1) is 0 Å². The SMILES string of the molecule is O=C(/C=C/c1ccc(S(=O)(=O)NCc2ccco2)cc1)NCCOc1ccc2ccccc2c1. The van der Waals surface area contributed by atoms with E-state index in [0.29, 0.717) is 24.5 Å². The van der Waals surface area contributed by atoms with Crippen LogP contribution >= 0.6 is 0 Å². The van der Waals surface area contributed by atoms with Gasteiger partial charge in [-0.25, -0.2) is 13.1 Å². The Balaban J connectivity index is 1.22. The molecule has 7 nitrogen and oxygen atoms in total. The van der Waals surface area contributed by atoms with Crippen LogP contribution in [-0.4, -0.2) is 27.5 Å². The van der Waals surface area contributed by atoms with Gasteiger partial charge < -0.3 is 14.5 Å². The van der Waals surface area contributed by atoms with Crippen LogP contribution in [0.1, 0.15) is 11.3 Å². The molecule has 4 rings (SSSR count). The van der Waals surface area contributed by atoms with Gasteiger partial charge in [0, 0.05) is 6.08 Å². The molecule has 2 N–H and O–H groups in total. The fourth-order valence-electron chi connectivity index (χ4n) is 3.25. The molecule has 0 aliphatic heterocycles. The quantitative estimate of drug-likeness (QED) is 0.265. The van der Waals surface area contributed by atoms with Gasteiger partial charge in [0.05, 0.1) is 24.2 Å². The number of rotatable bonds is 10. The average Bonchev–Trinajstić information content (AvgIpc) is 3.38. The van der Waals surface area contributed by atoms with Crippen molar-refractivity contribution in [2.24, 2.45) is 0 Å². The Bertz CT molecular complexity index is 1380. The lowest BCUT2D eigenvalue weighted by atomic mass is 10.1. The molecule has 0 saturated carbocycles. The third kappa shape index (κ3) is 6.34. The van der Waals surface area contributed by atoms with Gasteiger partial charge in [0.15, 0.2) is 0 Å². The van der Waals surface area contributed by atoms with Crippen LogP contribution in [0.25, 0.3) is 16.8 Å². The molecule has 0 aliphatic rings. The van der Waals surface area contributed by atoms with Gasteiger partial charge in [-0.2, -0.15) is 0 Å². The highest BCUT2D eigenvalue weighted by atomic mass is 32.2. The Labute approximate surface area is 198 Å². The number of sulfonamides is 1. The molecule has 1 amide bonds. The van der Waals surface area contributed by atoms with Crippen LogP contribution in [0.2, 0.25) is 0 Å². The lowest BCUT2D eigenvalue weighted by Gasteiger charge is -2.08. The smallest absolute Gasteiger partial charge is 0.244 e. The van der Waals surface area contributed by atoms with Crippen LogP contribution in [0.15, 0.2) is 101 Å². The molecule has 174 valence electrons. The zero-order valence-corrected chi connectivity index (χ0v) is 19.1. The summed E-state index contributed by atoms with van der Waals surface area (Å²) in [5.41, 5.74) is 0.701. The first-order valence-corrected chi connectivity index (χ1v) is 12.2. The predicted molar refractivity (Wildman–Crippen MR) is 131 cm³/mol. The molecule has 1 heterocycles. The van der Waals surface area contributed by atoms with E-state index in [1.807, 2.05) is 42.5 Å². The van der Waals surface area contributed by atoms with Gasteiger partial charge in [0.2, 0.25) is 15.9 Å². The van der Waals surface area contributed by atoms with Gasteiger partial charge in [0.25, 0.3) is 0 Å². The number of hydrogen-bond acceptors (Lipinski definition) is 5. The van der Waals surface area contributed by atoms with Gasteiger partial charge in [-0.1, -0.05) is 42.5 Å². The second kappa shape index (κ2) is 10.8. The Kier molecular flexibility index (Phi) is 7.41. The topological polar surface area (TPSA) is 97.6 Å². The third-order valence-corrected chi connectivity index (χ3v) is 6.44. The summed E-state index contributed by atoms with van der Waals surface area (Å²) in [5.74, 6) is 1.01. The highest BCUT2D eigenvalue weighted by Gasteiger charge is 2.14. The molecule has 0 atom stereocenters.